The van der Waals surface area contributed by atoms with E-state index in [0.29, 0.717) is 25.7 Å². The molecule has 3 saturated heterocycles. The molecule has 7 nitrogen and oxygen atoms in total. The number of carbonyl (C=O) groups excluding carboxylic acids is 2. The summed E-state index contributed by atoms with van der Waals surface area (Å²) in [6, 6.07) is 6.51. The van der Waals surface area contributed by atoms with Crippen LogP contribution in [0.3, 0.4) is 0 Å². The van der Waals surface area contributed by atoms with Crippen LogP contribution in [0.25, 0.3) is 0 Å². The third-order valence-corrected chi connectivity index (χ3v) is 7.04. The first-order chi connectivity index (χ1) is 15.0. The van der Waals surface area contributed by atoms with Gasteiger partial charge in [0.05, 0.1) is 6.54 Å². The summed E-state index contributed by atoms with van der Waals surface area (Å²) in [7, 11) is 0. The number of likely N-dealkylation sites (tertiary alicyclic amines) is 1. The topological polar surface area (TPSA) is 59.1 Å². The van der Waals surface area contributed by atoms with Crippen LogP contribution < -0.4 is 10.2 Å². The lowest BCUT2D eigenvalue weighted by atomic mass is 10.0. The Bertz CT molecular complexity index is 784. The Hall–Kier alpha value is -2.28. The molecular weight excluding hydrogens is 390 g/mol. The zero-order valence-electron chi connectivity index (χ0n) is 19.1. The van der Waals surface area contributed by atoms with E-state index in [4.69, 9.17) is 0 Å². The fourth-order valence-electron chi connectivity index (χ4n) is 5.11. The van der Waals surface area contributed by atoms with Gasteiger partial charge in [-0.15, -0.1) is 0 Å². The van der Waals surface area contributed by atoms with Crippen molar-refractivity contribution in [3.05, 3.63) is 23.8 Å². The van der Waals surface area contributed by atoms with Gasteiger partial charge >= 0.3 is 6.03 Å². The number of nitrogens with one attached hydrogen (secondary N) is 1. The van der Waals surface area contributed by atoms with Gasteiger partial charge in [0, 0.05) is 63.2 Å². The second-order valence-corrected chi connectivity index (χ2v) is 9.32. The molecule has 1 aromatic rings. The minimum absolute atomic E-state index is 0.0519. The number of nitrogens with zero attached hydrogens (tertiary/aromatic N) is 4. The molecule has 3 amide bonds. The molecule has 170 valence electrons. The third-order valence-electron chi connectivity index (χ3n) is 7.04. The zero-order valence-corrected chi connectivity index (χ0v) is 19.1. The molecule has 1 aromatic carbocycles. The average molecular weight is 428 g/mol. The van der Waals surface area contributed by atoms with Crippen molar-refractivity contribution in [3.63, 3.8) is 0 Å². The maximum Gasteiger partial charge on any atom is 0.321 e. The van der Waals surface area contributed by atoms with Gasteiger partial charge in [-0.1, -0.05) is 0 Å². The smallest absolute Gasteiger partial charge is 0.321 e. The van der Waals surface area contributed by atoms with Crippen molar-refractivity contribution in [3.8, 4) is 0 Å². The van der Waals surface area contributed by atoms with E-state index in [0.717, 1.165) is 51.3 Å². The Morgan fingerprint density at radius 1 is 0.968 bits per heavy atom. The highest BCUT2D eigenvalue weighted by Crippen LogP contribution is 2.27. The second kappa shape index (κ2) is 9.90. The highest BCUT2D eigenvalue weighted by atomic mass is 16.2. The van der Waals surface area contributed by atoms with Crippen LogP contribution in [0.5, 0.6) is 0 Å². The summed E-state index contributed by atoms with van der Waals surface area (Å²) in [5.41, 5.74) is 3.33. The van der Waals surface area contributed by atoms with Crippen LogP contribution in [-0.4, -0.2) is 85.0 Å². The van der Waals surface area contributed by atoms with Crippen LogP contribution >= 0.6 is 0 Å². The van der Waals surface area contributed by atoms with E-state index < -0.39 is 0 Å². The molecule has 1 unspecified atom stereocenters. The molecule has 1 N–H and O–H groups in total. The van der Waals surface area contributed by atoms with Gasteiger partial charge < -0.3 is 20.0 Å². The lowest BCUT2D eigenvalue weighted by molar-refractivity contribution is -0.136. The van der Waals surface area contributed by atoms with Crippen LogP contribution in [0, 0.1) is 6.92 Å². The Morgan fingerprint density at radius 3 is 2.35 bits per heavy atom. The quantitative estimate of drug-likeness (QED) is 0.802. The molecule has 3 fully saturated rings. The van der Waals surface area contributed by atoms with Gasteiger partial charge in [-0.2, -0.15) is 0 Å². The van der Waals surface area contributed by atoms with E-state index in [2.05, 4.69) is 41.1 Å². The summed E-state index contributed by atoms with van der Waals surface area (Å²) in [6.07, 6.45) is 5.96. The van der Waals surface area contributed by atoms with Crippen molar-refractivity contribution in [1.29, 1.82) is 0 Å². The summed E-state index contributed by atoms with van der Waals surface area (Å²) in [5.74, 6) is 0.235. The van der Waals surface area contributed by atoms with Crippen molar-refractivity contribution < 1.29 is 9.59 Å². The number of hydrogen-bond donors (Lipinski definition) is 1. The Kier molecular flexibility index (Phi) is 7.00. The standard InChI is InChI=1S/C24H37N5O2/c1-19-17-21(8-9-22(19)27-10-5-6-11-27)25-24(31)28-15-13-26(14-16-28)18-23(30)29-12-4-3-7-20(29)2/h8-9,17,20H,3-7,10-16,18H2,1-2H3,(H,25,31). The van der Waals surface area contributed by atoms with E-state index in [1.165, 1.54) is 30.5 Å². The molecule has 0 saturated carbocycles. The summed E-state index contributed by atoms with van der Waals surface area (Å²) < 4.78 is 0. The Morgan fingerprint density at radius 2 is 1.68 bits per heavy atom. The average Bonchev–Trinajstić information content (AvgIpc) is 3.29. The van der Waals surface area contributed by atoms with Crippen molar-refractivity contribution in [2.24, 2.45) is 0 Å². The molecule has 0 spiro atoms. The molecule has 31 heavy (non-hydrogen) atoms. The Labute approximate surface area is 186 Å². The number of hydrogen-bond acceptors (Lipinski definition) is 4. The van der Waals surface area contributed by atoms with E-state index in [1.807, 2.05) is 15.9 Å². The molecule has 1 atom stereocenters. The van der Waals surface area contributed by atoms with E-state index in [-0.39, 0.29) is 11.9 Å². The maximum atomic E-state index is 12.7. The van der Waals surface area contributed by atoms with Gasteiger partial charge in [0.25, 0.3) is 0 Å². The maximum absolute atomic E-state index is 12.7. The number of piperazine rings is 1. The highest BCUT2D eigenvalue weighted by Gasteiger charge is 2.27. The van der Waals surface area contributed by atoms with Gasteiger partial charge in [0.1, 0.15) is 0 Å². The third kappa shape index (κ3) is 5.32. The van der Waals surface area contributed by atoms with Gasteiger partial charge in [-0.3, -0.25) is 9.69 Å². The van der Waals surface area contributed by atoms with Crippen LogP contribution in [0.4, 0.5) is 16.2 Å². The van der Waals surface area contributed by atoms with Gasteiger partial charge in [-0.25, -0.2) is 4.79 Å². The first kappa shape index (κ1) is 21.9. The zero-order chi connectivity index (χ0) is 21.8. The van der Waals surface area contributed by atoms with Crippen LogP contribution in [-0.2, 0) is 4.79 Å². The normalized spacial score (nSPS) is 22.6. The molecule has 0 bridgehead atoms. The van der Waals surface area contributed by atoms with Gasteiger partial charge in [0.2, 0.25) is 5.91 Å². The monoisotopic (exact) mass is 427 g/mol. The van der Waals surface area contributed by atoms with Crippen molar-refractivity contribution in [2.45, 2.75) is 52.0 Å². The summed E-state index contributed by atoms with van der Waals surface area (Å²) in [5, 5.41) is 3.06. The number of amides is 3. The fourth-order valence-corrected chi connectivity index (χ4v) is 5.11. The lowest BCUT2D eigenvalue weighted by Gasteiger charge is -2.38. The van der Waals surface area contributed by atoms with Gasteiger partial charge in [0.15, 0.2) is 0 Å². The van der Waals surface area contributed by atoms with Crippen LogP contribution in [0.1, 0.15) is 44.6 Å². The van der Waals surface area contributed by atoms with Crippen LogP contribution in [0.15, 0.2) is 18.2 Å². The molecule has 3 heterocycles. The molecule has 7 heteroatoms. The predicted octanol–water partition coefficient (Wildman–Crippen LogP) is 3.15. The van der Waals surface area contributed by atoms with Crippen molar-refractivity contribution in [2.75, 3.05) is 62.6 Å². The number of urea groups is 1. The number of carbonyl (C=O) groups is 2. The number of benzene rings is 1. The van der Waals surface area contributed by atoms with E-state index >= 15 is 0 Å². The first-order valence-corrected chi connectivity index (χ1v) is 11.9. The summed E-state index contributed by atoms with van der Waals surface area (Å²) in [6.45, 7) is 10.7. The number of piperidine rings is 1. The van der Waals surface area contributed by atoms with Crippen LogP contribution in [0.2, 0.25) is 0 Å². The Balaban J connectivity index is 1.24. The highest BCUT2D eigenvalue weighted by molar-refractivity contribution is 5.90. The second-order valence-electron chi connectivity index (χ2n) is 9.32. The number of rotatable bonds is 4. The lowest BCUT2D eigenvalue weighted by Crippen LogP contribution is -2.53. The molecule has 3 aliphatic heterocycles. The molecule has 0 radical (unpaired) electrons. The molecule has 3 aliphatic rings. The SMILES string of the molecule is Cc1cc(NC(=O)N2CCN(CC(=O)N3CCCCC3C)CC2)ccc1N1CCCC1. The molecule has 0 aromatic heterocycles. The largest absolute Gasteiger partial charge is 0.371 e. The van der Waals surface area contributed by atoms with Crippen molar-refractivity contribution in [1.82, 2.24) is 14.7 Å². The van der Waals surface area contributed by atoms with E-state index in [9.17, 15) is 9.59 Å². The fraction of sp³-hybridized carbons (Fsp3) is 0.667. The van der Waals surface area contributed by atoms with Crippen molar-refractivity contribution >= 4 is 23.3 Å². The molecule has 0 aliphatic carbocycles. The van der Waals surface area contributed by atoms with E-state index in [1.54, 1.807) is 0 Å². The first-order valence-electron chi connectivity index (χ1n) is 11.9. The molecule has 4 rings (SSSR count). The summed E-state index contributed by atoms with van der Waals surface area (Å²) >= 11 is 0. The summed E-state index contributed by atoms with van der Waals surface area (Å²) in [4.78, 5) is 33.9. The minimum atomic E-state index is -0.0519. The number of anilines is 2. The number of aryl methyl sites for hydroxylation is 1. The minimum Gasteiger partial charge on any atom is -0.371 e. The molecular formula is C24H37N5O2. The predicted molar refractivity (Wildman–Crippen MR) is 125 cm³/mol. The van der Waals surface area contributed by atoms with Gasteiger partial charge in [-0.05, 0) is 69.7 Å².